The van der Waals surface area contributed by atoms with Gasteiger partial charge in [-0.15, -0.1) is 0 Å². The topological polar surface area (TPSA) is 101 Å². The molecule has 42 heavy (non-hydrogen) atoms. The van der Waals surface area contributed by atoms with Crippen LogP contribution in [0.3, 0.4) is 0 Å². The van der Waals surface area contributed by atoms with Gasteiger partial charge in [-0.05, 0) is 69.3 Å². The molecule has 4 heterocycles. The predicted molar refractivity (Wildman–Crippen MR) is 166 cm³/mol. The van der Waals surface area contributed by atoms with Gasteiger partial charge in [0.1, 0.15) is 11.4 Å². The van der Waals surface area contributed by atoms with Gasteiger partial charge in [0.25, 0.3) is 0 Å². The van der Waals surface area contributed by atoms with Crippen LogP contribution < -0.4 is 10.6 Å². The van der Waals surface area contributed by atoms with Crippen molar-refractivity contribution < 1.29 is 4.79 Å². The average molecular weight is 603 g/mol. The van der Waals surface area contributed by atoms with Crippen molar-refractivity contribution in [3.8, 4) is 27.6 Å². The molecule has 1 amide bonds. The molecule has 1 saturated heterocycles. The van der Waals surface area contributed by atoms with E-state index in [0.29, 0.717) is 16.2 Å². The van der Waals surface area contributed by atoms with Gasteiger partial charge in [-0.2, -0.15) is 5.10 Å². The minimum atomic E-state index is -0.137. The number of carbonyl (C=O) groups is 1. The molecule has 4 aromatic rings. The molecule has 7 rings (SSSR count). The Hall–Kier alpha value is -3.18. The van der Waals surface area contributed by atoms with Gasteiger partial charge in [0, 0.05) is 43.5 Å². The lowest BCUT2D eigenvalue weighted by atomic mass is 9.96. The second kappa shape index (κ2) is 11.8. The zero-order valence-corrected chi connectivity index (χ0v) is 25.3. The first-order chi connectivity index (χ1) is 20.5. The number of rotatable bonds is 7. The van der Waals surface area contributed by atoms with Crippen molar-refractivity contribution in [3.05, 3.63) is 58.6 Å². The molecule has 0 bridgehead atoms. The number of halogens is 1. The Kier molecular flexibility index (Phi) is 7.79. The number of benzene rings is 1. The fraction of sp³-hybridized carbons (Fsp3) is 0.452. The van der Waals surface area contributed by atoms with Crippen LogP contribution in [0.4, 0.5) is 5.13 Å². The molecule has 2 aliphatic carbocycles. The number of hydrogen-bond acceptors (Lipinski definition) is 8. The number of aryl methyl sites for hydroxylation is 1. The quantitative estimate of drug-likeness (QED) is 0.281. The molecule has 1 aromatic carbocycles. The lowest BCUT2D eigenvalue weighted by molar-refractivity contribution is -0.114. The maximum atomic E-state index is 11.7. The number of nitrogens with one attached hydrogen (secondary N) is 2. The molecule has 2 fully saturated rings. The van der Waals surface area contributed by atoms with Crippen molar-refractivity contribution in [1.29, 1.82) is 0 Å². The Balaban J connectivity index is 1.15. The second-order valence-corrected chi connectivity index (χ2v) is 13.0. The van der Waals surface area contributed by atoms with Crippen molar-refractivity contribution in [3.63, 3.8) is 0 Å². The van der Waals surface area contributed by atoms with Crippen molar-refractivity contribution in [2.45, 2.75) is 76.9 Å². The standard InChI is InChI=1S/C31H35ClN8OS/c1-19(41)36-31-37-25-8-7-23-28(26-18-33-12-13-34-26)38-40(29(23)30(25)42-31)27-9-6-20(16-24(27)32)17-35-21-10-14-39(15-11-21)22-4-2-3-5-22/h6,9,12-13,16,18,21-22,35H,2-5,7-8,10-11,14-15,17H2,1H3,(H,36,37,41). The molecule has 0 spiro atoms. The summed E-state index contributed by atoms with van der Waals surface area (Å²) in [6.45, 7) is 4.68. The number of amides is 1. The molecule has 0 unspecified atom stereocenters. The summed E-state index contributed by atoms with van der Waals surface area (Å²) in [6.07, 6.45) is 14.6. The SMILES string of the molecule is CC(=O)Nc1nc2c(s1)-c1c(c(-c3cnccn3)nn1-c1ccc(CNC3CCN(C4CCCC4)CC3)cc1Cl)CC2. The molecule has 0 radical (unpaired) electrons. The van der Waals surface area contributed by atoms with Gasteiger partial charge in [-0.25, -0.2) is 9.67 Å². The van der Waals surface area contributed by atoms with E-state index in [4.69, 9.17) is 21.7 Å². The monoisotopic (exact) mass is 602 g/mol. The molecule has 0 atom stereocenters. The highest BCUT2D eigenvalue weighted by atomic mass is 35.5. The van der Waals surface area contributed by atoms with Crippen LogP contribution >= 0.6 is 22.9 Å². The van der Waals surface area contributed by atoms with Crippen LogP contribution in [0.25, 0.3) is 27.6 Å². The van der Waals surface area contributed by atoms with Gasteiger partial charge in [0.15, 0.2) is 5.13 Å². The highest BCUT2D eigenvalue weighted by molar-refractivity contribution is 7.19. The van der Waals surface area contributed by atoms with E-state index in [0.717, 1.165) is 69.9 Å². The number of piperidine rings is 1. The molecule has 218 valence electrons. The number of thiazole rings is 1. The van der Waals surface area contributed by atoms with Crippen LogP contribution in [0, 0.1) is 0 Å². The summed E-state index contributed by atoms with van der Waals surface area (Å²) in [6, 6.07) is 7.60. The van der Waals surface area contributed by atoms with E-state index in [2.05, 4.69) is 37.6 Å². The Labute approximate surface area is 254 Å². The van der Waals surface area contributed by atoms with Gasteiger partial charge in [-0.1, -0.05) is 41.8 Å². The van der Waals surface area contributed by atoms with E-state index in [-0.39, 0.29) is 5.91 Å². The fourth-order valence-corrected chi connectivity index (χ4v) is 8.11. The summed E-state index contributed by atoms with van der Waals surface area (Å²) >= 11 is 8.45. The molecule has 1 aliphatic heterocycles. The highest BCUT2D eigenvalue weighted by Gasteiger charge is 2.31. The third kappa shape index (κ3) is 5.48. The van der Waals surface area contributed by atoms with E-state index in [1.807, 2.05) is 10.7 Å². The van der Waals surface area contributed by atoms with Gasteiger partial charge < -0.3 is 15.5 Å². The summed E-state index contributed by atoms with van der Waals surface area (Å²) in [4.78, 5) is 29.0. The molecule has 11 heteroatoms. The van der Waals surface area contributed by atoms with Gasteiger partial charge in [0.2, 0.25) is 5.91 Å². The van der Waals surface area contributed by atoms with E-state index < -0.39 is 0 Å². The third-order valence-electron chi connectivity index (χ3n) is 8.80. The van der Waals surface area contributed by atoms with E-state index >= 15 is 0 Å². The van der Waals surface area contributed by atoms with Crippen LogP contribution in [-0.4, -0.2) is 60.7 Å². The predicted octanol–water partition coefficient (Wildman–Crippen LogP) is 5.66. The summed E-state index contributed by atoms with van der Waals surface area (Å²) in [5, 5.41) is 12.9. The zero-order chi connectivity index (χ0) is 28.6. The van der Waals surface area contributed by atoms with Crippen LogP contribution in [0.1, 0.15) is 62.3 Å². The number of likely N-dealkylation sites (tertiary alicyclic amines) is 1. The van der Waals surface area contributed by atoms with Gasteiger partial charge >= 0.3 is 0 Å². The van der Waals surface area contributed by atoms with Crippen molar-refractivity contribution in [2.24, 2.45) is 0 Å². The van der Waals surface area contributed by atoms with Crippen molar-refractivity contribution in [2.75, 3.05) is 18.4 Å². The number of hydrogen-bond donors (Lipinski definition) is 2. The molecule has 9 nitrogen and oxygen atoms in total. The number of fused-ring (bicyclic) bond motifs is 3. The van der Waals surface area contributed by atoms with Crippen LogP contribution in [0.5, 0.6) is 0 Å². The van der Waals surface area contributed by atoms with E-state index in [1.54, 1.807) is 18.6 Å². The lowest BCUT2D eigenvalue weighted by Gasteiger charge is -2.36. The number of aromatic nitrogens is 5. The minimum absolute atomic E-state index is 0.137. The Morgan fingerprint density at radius 1 is 1.12 bits per heavy atom. The molecule has 2 N–H and O–H groups in total. The Bertz CT molecular complexity index is 1590. The second-order valence-electron chi connectivity index (χ2n) is 11.6. The highest BCUT2D eigenvalue weighted by Crippen LogP contribution is 2.44. The first-order valence-electron chi connectivity index (χ1n) is 15.0. The Morgan fingerprint density at radius 3 is 2.69 bits per heavy atom. The summed E-state index contributed by atoms with van der Waals surface area (Å²) in [7, 11) is 0. The molecule has 3 aliphatic rings. The first-order valence-corrected chi connectivity index (χ1v) is 16.1. The Morgan fingerprint density at radius 2 is 1.95 bits per heavy atom. The maximum absolute atomic E-state index is 11.7. The van der Waals surface area contributed by atoms with Crippen LogP contribution in [-0.2, 0) is 24.2 Å². The van der Waals surface area contributed by atoms with Crippen molar-refractivity contribution >= 4 is 34.0 Å². The number of nitrogens with zero attached hydrogens (tertiary/aromatic N) is 6. The zero-order valence-electron chi connectivity index (χ0n) is 23.8. The first kappa shape index (κ1) is 27.6. The van der Waals surface area contributed by atoms with Gasteiger partial charge in [0.05, 0.1) is 33.2 Å². The van der Waals surface area contributed by atoms with E-state index in [9.17, 15) is 4.79 Å². The van der Waals surface area contributed by atoms with Crippen LogP contribution in [0.15, 0.2) is 36.8 Å². The third-order valence-corrected chi connectivity index (χ3v) is 10.1. The molecular formula is C31H35ClN8OS. The largest absolute Gasteiger partial charge is 0.310 e. The molecule has 1 saturated carbocycles. The number of anilines is 1. The van der Waals surface area contributed by atoms with Gasteiger partial charge in [-0.3, -0.25) is 14.8 Å². The normalized spacial score (nSPS) is 17.8. The lowest BCUT2D eigenvalue weighted by Crippen LogP contribution is -2.45. The smallest absolute Gasteiger partial charge is 0.223 e. The van der Waals surface area contributed by atoms with E-state index in [1.165, 1.54) is 69.9 Å². The summed E-state index contributed by atoms with van der Waals surface area (Å²) < 4.78 is 1.92. The minimum Gasteiger partial charge on any atom is -0.310 e. The molecular weight excluding hydrogens is 568 g/mol. The van der Waals surface area contributed by atoms with Crippen molar-refractivity contribution in [1.82, 2.24) is 34.9 Å². The maximum Gasteiger partial charge on any atom is 0.223 e. The fourth-order valence-electron chi connectivity index (χ4n) is 6.71. The average Bonchev–Trinajstić information content (AvgIpc) is 3.75. The summed E-state index contributed by atoms with van der Waals surface area (Å²) in [5.74, 6) is -0.137. The number of carbonyl (C=O) groups excluding carboxylic acids is 1. The molecule has 3 aromatic heterocycles. The summed E-state index contributed by atoms with van der Waals surface area (Å²) in [5.41, 5.74) is 6.48. The van der Waals surface area contributed by atoms with Crippen LogP contribution in [0.2, 0.25) is 5.02 Å².